The number of esters is 1. The van der Waals surface area contributed by atoms with Crippen molar-refractivity contribution in [3.05, 3.63) is 29.2 Å². The second-order valence-electron chi connectivity index (χ2n) is 14.7. The summed E-state index contributed by atoms with van der Waals surface area (Å²) in [4.78, 5) is 41.2. The van der Waals surface area contributed by atoms with Crippen LogP contribution in [0.1, 0.15) is 93.4 Å². The molecule has 5 nitrogen and oxygen atoms in total. The first-order valence-corrected chi connectivity index (χ1v) is 15.1. The molecule has 3 saturated carbocycles. The zero-order valence-electron chi connectivity index (χ0n) is 25.1. The van der Waals surface area contributed by atoms with Crippen LogP contribution in [-0.4, -0.2) is 28.1 Å². The van der Waals surface area contributed by atoms with E-state index in [1.165, 1.54) is 7.11 Å². The quantitative estimate of drug-likeness (QED) is 0.143. The summed E-state index contributed by atoms with van der Waals surface area (Å²) in [5, 5.41) is 9.94. The third kappa shape index (κ3) is 3.57. The van der Waals surface area contributed by atoms with Gasteiger partial charge in [0.1, 0.15) is 11.9 Å². The number of carbonyl (C=O) groups is 3. The van der Waals surface area contributed by atoms with Crippen LogP contribution in [0.15, 0.2) is 23.3 Å². The monoisotopic (exact) mass is 637 g/mol. The first-order chi connectivity index (χ1) is 17.4. The number of carbonyl (C=O) groups excluding carboxylic acids is 3. The Hall–Kier alpha value is -0.893. The third-order valence-corrected chi connectivity index (χ3v) is 15.3. The number of rotatable bonds is 1. The van der Waals surface area contributed by atoms with E-state index in [0.29, 0.717) is 6.42 Å². The molecule has 0 unspecified atom stereocenters. The van der Waals surface area contributed by atoms with Gasteiger partial charge in [0.15, 0.2) is 5.78 Å². The van der Waals surface area contributed by atoms with Crippen LogP contribution < -0.4 is 18.9 Å². The molecule has 0 radical (unpaired) electrons. The predicted molar refractivity (Wildman–Crippen MR) is 154 cm³/mol. The molecule has 0 N–H and O–H groups in total. The molecule has 5 aliphatic rings. The summed E-state index contributed by atoms with van der Waals surface area (Å²) < 4.78 is 4.93. The Labute approximate surface area is 259 Å². The fourth-order valence-electron chi connectivity index (χ4n) is 9.60. The first kappa shape index (κ1) is 31.1. The number of ketones is 2. The molecule has 0 aromatic heterocycles. The number of alkyl halides is 1. The molecule has 0 spiro atoms. The molecule has 3 fully saturated rings. The second kappa shape index (κ2) is 9.05. The van der Waals surface area contributed by atoms with Gasteiger partial charge in [-0.25, -0.2) is 0 Å². The van der Waals surface area contributed by atoms with Gasteiger partial charge in [0.2, 0.25) is 0 Å². The molecular weight excluding hydrogens is 596 g/mol. The zero-order valence-corrected chi connectivity index (χ0v) is 27.3. The van der Waals surface area contributed by atoms with E-state index >= 15 is 0 Å². The van der Waals surface area contributed by atoms with Crippen LogP contribution in [0.5, 0.6) is 0 Å². The van der Waals surface area contributed by atoms with Crippen molar-refractivity contribution in [1.29, 1.82) is 5.26 Å². The number of halogens is 1. The van der Waals surface area contributed by atoms with Crippen molar-refractivity contribution in [3.8, 4) is 6.07 Å². The molecule has 0 saturated heterocycles. The Kier molecular flexibility index (Phi) is 7.21. The van der Waals surface area contributed by atoms with Gasteiger partial charge in [0.05, 0.1) is 12.7 Å². The first-order valence-electron chi connectivity index (χ1n) is 14.0. The normalized spacial score (nSPS) is 44.2. The number of nitrogens with zero attached hydrogens (tertiary/aromatic N) is 1. The number of hydrogen-bond acceptors (Lipinski definition) is 5. The molecule has 39 heavy (non-hydrogen) atoms. The van der Waals surface area contributed by atoms with E-state index in [9.17, 15) is 19.6 Å². The molecule has 7 heteroatoms. The largest absolute Gasteiger partial charge is 1.00 e. The number of methoxy groups -OCH3 is 1. The molecule has 5 rings (SSSR count). The van der Waals surface area contributed by atoms with Gasteiger partial charge in [0, 0.05) is 14.3 Å². The van der Waals surface area contributed by atoms with Gasteiger partial charge in [-0.3, -0.25) is 20.3 Å². The molecule has 5 aliphatic carbocycles. The summed E-state index contributed by atoms with van der Waals surface area (Å²) >= 11 is 2.48. The molecular formula is C32H41ILiNO4. The summed E-state index contributed by atoms with van der Waals surface area (Å²) in [6.07, 6.45) is 9.29. The van der Waals surface area contributed by atoms with Gasteiger partial charge < -0.3 is 4.74 Å². The summed E-state index contributed by atoms with van der Waals surface area (Å²) in [5.41, 5.74) is -1.48. The third-order valence-electron chi connectivity index (χ3n) is 12.3. The van der Waals surface area contributed by atoms with Crippen LogP contribution in [0.3, 0.4) is 0 Å². The number of nitriles is 1. The van der Waals surface area contributed by atoms with Crippen molar-refractivity contribution in [2.45, 2.75) is 96.8 Å². The fourth-order valence-corrected chi connectivity index (χ4v) is 10.6. The second-order valence-corrected chi connectivity index (χ2v) is 16.6. The van der Waals surface area contributed by atoms with E-state index in [-0.39, 0.29) is 64.1 Å². The van der Waals surface area contributed by atoms with Crippen LogP contribution in [0, 0.1) is 55.7 Å². The van der Waals surface area contributed by atoms with E-state index in [0.717, 1.165) is 50.0 Å². The summed E-state index contributed by atoms with van der Waals surface area (Å²) in [6.45, 7) is 15.1. The van der Waals surface area contributed by atoms with Crippen LogP contribution in [-0.2, 0) is 19.1 Å². The van der Waals surface area contributed by atoms with E-state index in [1.807, 2.05) is 26.0 Å². The van der Waals surface area contributed by atoms with Crippen molar-refractivity contribution in [2.75, 3.05) is 7.11 Å². The summed E-state index contributed by atoms with van der Waals surface area (Å²) in [7, 11) is 1.47. The van der Waals surface area contributed by atoms with Gasteiger partial charge >= 0.3 is 18.9 Å². The molecule has 0 amide bonds. The topological polar surface area (TPSA) is 84.2 Å². The minimum Gasteiger partial charge on any atom is -0.470 e. The Morgan fingerprint density at radius 1 is 1.03 bits per heavy atom. The van der Waals surface area contributed by atoms with Gasteiger partial charge in [-0.1, -0.05) is 120 Å². The zero-order chi connectivity index (χ0) is 28.3. The van der Waals surface area contributed by atoms with Crippen LogP contribution in [0.25, 0.3) is 0 Å². The number of ether oxygens (including phenoxy) is 1. The van der Waals surface area contributed by atoms with Crippen molar-refractivity contribution < 1.29 is 38.0 Å². The van der Waals surface area contributed by atoms with Crippen molar-refractivity contribution in [2.24, 2.45) is 38.4 Å². The molecule has 0 aliphatic heterocycles. The summed E-state index contributed by atoms with van der Waals surface area (Å²) in [6, 6.07) is 2.18. The van der Waals surface area contributed by atoms with E-state index < -0.39 is 19.7 Å². The Bertz CT molecular complexity index is 1260. The molecule has 206 valence electrons. The standard InChI is InChI=1S/C32H41INO4.Li/c1-26(2)9-12-31(25(37)38-8)13-10-29(6)23(20(31)17-26)21(35)15-22-28(29,5)11-14-32(33)27(3,4)24(36)19(18-34)16-30(22,32)7;/h15-16,23H,9-14,17H2,1-8H3;/q-1;+1/t23-,28+,29+,30+,31-,32+;/m0./s1. The predicted octanol–water partition coefficient (Wildman–Crippen LogP) is 3.90. The Morgan fingerprint density at radius 2 is 1.64 bits per heavy atom. The van der Waals surface area contributed by atoms with Crippen LogP contribution in [0.2, 0.25) is 0 Å². The van der Waals surface area contributed by atoms with E-state index in [4.69, 9.17) is 4.74 Å². The van der Waals surface area contributed by atoms with Gasteiger partial charge in [-0.2, -0.15) is 11.7 Å². The van der Waals surface area contributed by atoms with Gasteiger partial charge in [0.25, 0.3) is 5.97 Å². The average molecular weight is 638 g/mol. The van der Waals surface area contributed by atoms with Crippen LogP contribution >= 0.6 is 22.6 Å². The molecule has 0 heterocycles. The fraction of sp³-hybridized carbons (Fsp3) is 0.719. The Balaban J connectivity index is 0.00000353. The minimum absolute atomic E-state index is 0. The molecule has 0 bridgehead atoms. The number of Topliss-reactive ketones (excluding diaryl/α,β-unsaturated/α-hetero) is 1. The van der Waals surface area contributed by atoms with Crippen molar-refractivity contribution in [1.82, 2.24) is 0 Å². The molecule has 6 atom stereocenters. The number of hydrogen-bond donors (Lipinski definition) is 0. The minimum atomic E-state index is -0.750. The van der Waals surface area contributed by atoms with Crippen molar-refractivity contribution in [3.63, 3.8) is 0 Å². The maximum Gasteiger partial charge on any atom is 1.00 e. The summed E-state index contributed by atoms with van der Waals surface area (Å²) in [5.74, 6) is 0.521. The average Bonchev–Trinajstić information content (AvgIpc) is 2.85. The number of allylic oxidation sites excluding steroid dienone is 4. The SMILES string of the molecule is COC(=O)[C@]12CCC(C)(C)C[C-]1[C@H]1C(=O)C=C3[C@@]4(C)C=C(C#N)C(=O)C(C)(C)[C@]4(I)CC[C@@]3(C)[C@]1(C)CC2.[Li+]. The van der Waals surface area contributed by atoms with E-state index in [2.05, 4.69) is 63.3 Å². The van der Waals surface area contributed by atoms with Gasteiger partial charge in [-0.05, 0) is 35.3 Å². The van der Waals surface area contributed by atoms with E-state index in [1.54, 1.807) is 0 Å². The van der Waals surface area contributed by atoms with Gasteiger partial charge in [-0.15, -0.1) is 0 Å². The Morgan fingerprint density at radius 3 is 2.23 bits per heavy atom. The smallest absolute Gasteiger partial charge is 0.470 e. The maximum atomic E-state index is 14.4. The maximum absolute atomic E-state index is 14.4. The number of fused-ring (bicyclic) bond motifs is 7. The molecule has 0 aromatic rings. The van der Waals surface area contributed by atoms with Crippen molar-refractivity contribution >= 4 is 40.1 Å². The molecule has 0 aromatic carbocycles. The van der Waals surface area contributed by atoms with Crippen LogP contribution in [0.4, 0.5) is 0 Å².